The van der Waals surface area contributed by atoms with Gasteiger partial charge in [0.15, 0.2) is 5.65 Å². The molecule has 18 heavy (non-hydrogen) atoms. The Morgan fingerprint density at radius 1 is 1.28 bits per heavy atom. The fourth-order valence-electron chi connectivity index (χ4n) is 1.93. The fourth-order valence-corrected chi connectivity index (χ4v) is 2.32. The van der Waals surface area contributed by atoms with E-state index in [-0.39, 0.29) is 0 Å². The van der Waals surface area contributed by atoms with E-state index in [9.17, 15) is 0 Å². The van der Waals surface area contributed by atoms with E-state index in [2.05, 4.69) is 31.0 Å². The van der Waals surface area contributed by atoms with Gasteiger partial charge in [0, 0.05) is 4.47 Å². The monoisotopic (exact) mass is 303 g/mol. The summed E-state index contributed by atoms with van der Waals surface area (Å²) >= 11 is 3.45. The Morgan fingerprint density at radius 2 is 2.11 bits per heavy atom. The predicted octanol–water partition coefficient (Wildman–Crippen LogP) is 2.47. The number of nitrogen functional groups attached to an aromatic ring is 1. The summed E-state index contributed by atoms with van der Waals surface area (Å²) in [6, 6.07) is 7.86. The van der Waals surface area contributed by atoms with Crippen molar-refractivity contribution in [1.29, 1.82) is 0 Å². The van der Waals surface area contributed by atoms with Gasteiger partial charge in [-0.2, -0.15) is 5.10 Å². The maximum Gasteiger partial charge on any atom is 0.168 e. The molecule has 6 heteroatoms. The van der Waals surface area contributed by atoms with Crippen molar-refractivity contribution in [1.82, 2.24) is 19.7 Å². The first-order valence-corrected chi connectivity index (χ1v) is 6.18. The van der Waals surface area contributed by atoms with Crippen LogP contribution in [0.25, 0.3) is 16.7 Å². The molecule has 0 unspecified atom stereocenters. The van der Waals surface area contributed by atoms with Gasteiger partial charge >= 0.3 is 0 Å². The maximum atomic E-state index is 5.86. The van der Waals surface area contributed by atoms with Crippen LogP contribution in [0.3, 0.4) is 0 Å². The average molecular weight is 304 g/mol. The quantitative estimate of drug-likeness (QED) is 0.750. The van der Waals surface area contributed by atoms with E-state index in [4.69, 9.17) is 5.73 Å². The summed E-state index contributed by atoms with van der Waals surface area (Å²) in [6.07, 6.45) is 1.45. The van der Waals surface area contributed by atoms with Crippen LogP contribution in [0.2, 0.25) is 0 Å². The van der Waals surface area contributed by atoms with Gasteiger partial charge in [-0.3, -0.25) is 0 Å². The largest absolute Gasteiger partial charge is 0.383 e. The highest BCUT2D eigenvalue weighted by Gasteiger charge is 2.13. The number of aryl methyl sites for hydroxylation is 1. The van der Waals surface area contributed by atoms with E-state index in [1.807, 2.05) is 31.2 Å². The highest BCUT2D eigenvalue weighted by molar-refractivity contribution is 9.10. The van der Waals surface area contributed by atoms with Gasteiger partial charge in [-0.1, -0.05) is 22.0 Å². The molecule has 0 aliphatic rings. The fraction of sp³-hybridized carbons (Fsp3) is 0.0833. The lowest BCUT2D eigenvalue weighted by molar-refractivity contribution is 0.876. The Labute approximate surface area is 112 Å². The van der Waals surface area contributed by atoms with Crippen LogP contribution in [0, 0.1) is 6.92 Å². The minimum Gasteiger partial charge on any atom is -0.383 e. The molecule has 1 aromatic carbocycles. The van der Waals surface area contributed by atoms with Crippen LogP contribution in [-0.4, -0.2) is 19.7 Å². The van der Waals surface area contributed by atoms with E-state index >= 15 is 0 Å². The normalized spacial score (nSPS) is 11.0. The number of aromatic nitrogens is 4. The zero-order chi connectivity index (χ0) is 12.7. The summed E-state index contributed by atoms with van der Waals surface area (Å²) in [4.78, 5) is 8.26. The van der Waals surface area contributed by atoms with Gasteiger partial charge in [0.25, 0.3) is 0 Å². The highest BCUT2D eigenvalue weighted by atomic mass is 79.9. The number of anilines is 1. The molecule has 2 N–H and O–H groups in total. The molecule has 3 aromatic rings. The zero-order valence-corrected chi connectivity index (χ0v) is 11.2. The molecule has 2 aromatic heterocycles. The van der Waals surface area contributed by atoms with Crippen LogP contribution in [0.1, 0.15) is 5.69 Å². The van der Waals surface area contributed by atoms with Crippen molar-refractivity contribution >= 4 is 32.8 Å². The first kappa shape index (κ1) is 11.2. The van der Waals surface area contributed by atoms with Crippen LogP contribution >= 0.6 is 15.9 Å². The summed E-state index contributed by atoms with van der Waals surface area (Å²) in [5, 5.41) is 5.28. The molecule has 0 saturated heterocycles. The number of halogens is 1. The Morgan fingerprint density at radius 3 is 2.89 bits per heavy atom. The van der Waals surface area contributed by atoms with Gasteiger partial charge in [-0.25, -0.2) is 14.6 Å². The summed E-state index contributed by atoms with van der Waals surface area (Å²) in [5.41, 5.74) is 8.34. The number of hydrogen-bond acceptors (Lipinski definition) is 4. The molecule has 0 saturated carbocycles. The predicted molar refractivity (Wildman–Crippen MR) is 73.5 cm³/mol. The lowest BCUT2D eigenvalue weighted by atomic mass is 10.3. The number of benzene rings is 1. The third kappa shape index (κ3) is 1.65. The van der Waals surface area contributed by atoms with Gasteiger partial charge in [-0.05, 0) is 25.1 Å². The maximum absolute atomic E-state index is 5.86. The van der Waals surface area contributed by atoms with Crippen molar-refractivity contribution < 1.29 is 0 Å². The minimum atomic E-state index is 0.457. The van der Waals surface area contributed by atoms with Gasteiger partial charge in [0.2, 0.25) is 0 Å². The van der Waals surface area contributed by atoms with Crippen LogP contribution < -0.4 is 5.73 Å². The molecule has 0 aliphatic carbocycles. The first-order chi connectivity index (χ1) is 8.66. The molecule has 2 heterocycles. The topological polar surface area (TPSA) is 69.6 Å². The van der Waals surface area contributed by atoms with Gasteiger partial charge in [-0.15, -0.1) is 0 Å². The van der Waals surface area contributed by atoms with E-state index in [1.165, 1.54) is 6.33 Å². The van der Waals surface area contributed by atoms with Gasteiger partial charge < -0.3 is 5.73 Å². The molecule has 90 valence electrons. The highest BCUT2D eigenvalue weighted by Crippen LogP contribution is 2.24. The van der Waals surface area contributed by atoms with Crippen molar-refractivity contribution in [3.63, 3.8) is 0 Å². The van der Waals surface area contributed by atoms with Gasteiger partial charge in [0.05, 0.1) is 16.8 Å². The average Bonchev–Trinajstić information content (AvgIpc) is 2.68. The van der Waals surface area contributed by atoms with Gasteiger partial charge in [0.1, 0.15) is 12.1 Å². The van der Waals surface area contributed by atoms with Crippen molar-refractivity contribution in [2.45, 2.75) is 6.92 Å². The van der Waals surface area contributed by atoms with Crippen LogP contribution in [0.4, 0.5) is 5.82 Å². The second kappa shape index (κ2) is 4.06. The van der Waals surface area contributed by atoms with E-state index in [1.54, 1.807) is 4.68 Å². The third-order valence-corrected chi connectivity index (χ3v) is 3.22. The number of fused-ring (bicyclic) bond motifs is 1. The van der Waals surface area contributed by atoms with Crippen LogP contribution in [0.5, 0.6) is 0 Å². The molecule has 0 bridgehead atoms. The van der Waals surface area contributed by atoms with Crippen molar-refractivity contribution in [3.05, 3.63) is 40.8 Å². The number of nitrogens with two attached hydrogens (primary N) is 1. The summed E-state index contributed by atoms with van der Waals surface area (Å²) in [5.74, 6) is 0.457. The molecular weight excluding hydrogens is 294 g/mol. The summed E-state index contributed by atoms with van der Waals surface area (Å²) in [6.45, 7) is 1.90. The summed E-state index contributed by atoms with van der Waals surface area (Å²) in [7, 11) is 0. The lowest BCUT2D eigenvalue weighted by Crippen LogP contribution is -1.98. The first-order valence-electron chi connectivity index (χ1n) is 5.38. The molecule has 5 nitrogen and oxygen atoms in total. The molecular formula is C12H10BrN5. The van der Waals surface area contributed by atoms with E-state index in [0.717, 1.165) is 26.9 Å². The molecule has 0 radical (unpaired) electrons. The lowest BCUT2D eigenvalue weighted by Gasteiger charge is -2.03. The van der Waals surface area contributed by atoms with Crippen molar-refractivity contribution in [3.8, 4) is 5.69 Å². The summed E-state index contributed by atoms with van der Waals surface area (Å²) < 4.78 is 2.76. The molecule has 3 rings (SSSR count). The van der Waals surface area contributed by atoms with Crippen molar-refractivity contribution in [2.75, 3.05) is 5.73 Å². The Bertz CT molecular complexity index is 734. The van der Waals surface area contributed by atoms with Crippen LogP contribution in [0.15, 0.2) is 35.1 Å². The second-order valence-corrected chi connectivity index (χ2v) is 4.85. The van der Waals surface area contributed by atoms with Crippen LogP contribution in [-0.2, 0) is 0 Å². The molecule has 0 aliphatic heterocycles. The third-order valence-electron chi connectivity index (χ3n) is 2.72. The Balaban J connectivity index is 2.34. The molecule has 0 amide bonds. The Kier molecular flexibility index (Phi) is 2.52. The second-order valence-electron chi connectivity index (χ2n) is 3.93. The Hall–Kier alpha value is -1.95. The molecule has 0 spiro atoms. The molecule has 0 fully saturated rings. The minimum absolute atomic E-state index is 0.457. The molecule has 0 atom stereocenters. The SMILES string of the molecule is Cc1nn(-c2cccc(Br)c2)c2ncnc(N)c12. The van der Waals surface area contributed by atoms with E-state index < -0.39 is 0 Å². The smallest absolute Gasteiger partial charge is 0.168 e. The number of rotatable bonds is 1. The number of hydrogen-bond donors (Lipinski definition) is 1. The zero-order valence-electron chi connectivity index (χ0n) is 9.63. The van der Waals surface area contributed by atoms with Crippen molar-refractivity contribution in [2.24, 2.45) is 0 Å². The van der Waals surface area contributed by atoms with E-state index in [0.29, 0.717) is 5.82 Å². The standard InChI is InChI=1S/C12H10BrN5/c1-7-10-11(14)15-6-16-12(10)18(17-7)9-4-2-3-8(13)5-9/h2-6H,1H3,(H2,14,15,16). The number of nitrogens with zero attached hydrogens (tertiary/aromatic N) is 4.